The van der Waals surface area contributed by atoms with Crippen LogP contribution in [0.3, 0.4) is 0 Å². The summed E-state index contributed by atoms with van der Waals surface area (Å²) in [6, 6.07) is 0. The largest absolute Gasteiger partial charge is 0.465 e. The maximum atomic E-state index is 13.2. The first-order valence-electron chi connectivity index (χ1n) is 9.58. The molecule has 150 valence electrons. The molecule has 5 atom stereocenters. The fourth-order valence-electron chi connectivity index (χ4n) is 4.05. The van der Waals surface area contributed by atoms with Gasteiger partial charge in [0.2, 0.25) is 0 Å². The van der Waals surface area contributed by atoms with Crippen LogP contribution in [0.5, 0.6) is 0 Å². The van der Waals surface area contributed by atoms with Crippen LogP contribution in [0, 0.1) is 23.2 Å². The van der Waals surface area contributed by atoms with Crippen molar-refractivity contribution in [1.29, 1.82) is 0 Å². The maximum absolute atomic E-state index is 13.2. The van der Waals surface area contributed by atoms with Crippen LogP contribution in [-0.4, -0.2) is 30.8 Å². The molecule has 2 aliphatic carbocycles. The first kappa shape index (κ1) is 21.0. The third-order valence-electron chi connectivity index (χ3n) is 6.09. The second-order valence-electron chi connectivity index (χ2n) is 7.85. The molecule has 2 saturated carbocycles. The van der Waals surface area contributed by atoms with Crippen molar-refractivity contribution in [2.75, 3.05) is 6.61 Å². The average molecular weight is 378 g/mol. The van der Waals surface area contributed by atoms with Crippen LogP contribution in [-0.2, 0) is 19.1 Å². The summed E-state index contributed by atoms with van der Waals surface area (Å²) in [5, 5.41) is 0. The van der Waals surface area contributed by atoms with Gasteiger partial charge in [0.25, 0.3) is 0 Å². The van der Waals surface area contributed by atoms with Gasteiger partial charge in [0.1, 0.15) is 6.10 Å². The zero-order chi connectivity index (χ0) is 19.5. The molecule has 5 unspecified atom stereocenters. The van der Waals surface area contributed by atoms with Crippen molar-refractivity contribution in [2.24, 2.45) is 23.2 Å². The molecule has 2 rings (SSSR count). The van der Waals surface area contributed by atoms with Gasteiger partial charge < -0.3 is 9.47 Å². The average Bonchev–Trinajstić information content (AvgIpc) is 3.16. The van der Waals surface area contributed by atoms with Gasteiger partial charge in [-0.1, -0.05) is 26.7 Å². The SMILES string of the molecule is CCCCCOC(=O)C1CC2CC(OC(=O)C(C)(CC)C(F)(F)F)C1C2. The molecule has 2 fully saturated rings. The van der Waals surface area contributed by atoms with Crippen LogP contribution >= 0.6 is 0 Å². The van der Waals surface area contributed by atoms with Crippen molar-refractivity contribution in [1.82, 2.24) is 0 Å². The molecule has 0 aromatic carbocycles. The minimum absolute atomic E-state index is 0.213. The number of ether oxygens (including phenoxy) is 2. The van der Waals surface area contributed by atoms with E-state index < -0.39 is 23.7 Å². The highest BCUT2D eigenvalue weighted by Crippen LogP contribution is 2.51. The standard InChI is InChI=1S/C19H29F3O4/c1-4-6-7-8-25-16(23)14-10-12-9-13(14)15(11-12)26-17(24)18(3,5-2)19(20,21)22/h12-15H,4-11H2,1-3H3. The predicted octanol–water partition coefficient (Wildman–Crippen LogP) is 4.66. The Bertz CT molecular complexity index is 519. The number of fused-ring (bicyclic) bond motifs is 2. The third-order valence-corrected chi connectivity index (χ3v) is 6.09. The number of carbonyl (C=O) groups excluding carboxylic acids is 2. The first-order chi connectivity index (χ1) is 12.1. The lowest BCUT2D eigenvalue weighted by atomic mass is 9.84. The second kappa shape index (κ2) is 8.17. The highest BCUT2D eigenvalue weighted by atomic mass is 19.4. The highest BCUT2D eigenvalue weighted by Gasteiger charge is 2.59. The molecular weight excluding hydrogens is 349 g/mol. The van der Waals surface area contributed by atoms with Gasteiger partial charge in [-0.2, -0.15) is 13.2 Å². The Morgan fingerprint density at radius 1 is 1.08 bits per heavy atom. The van der Waals surface area contributed by atoms with Crippen LogP contribution < -0.4 is 0 Å². The van der Waals surface area contributed by atoms with Gasteiger partial charge in [0, 0.05) is 5.92 Å². The summed E-state index contributed by atoms with van der Waals surface area (Å²) in [7, 11) is 0. The Hall–Kier alpha value is -1.27. The number of carbonyl (C=O) groups is 2. The topological polar surface area (TPSA) is 52.6 Å². The van der Waals surface area contributed by atoms with Crippen molar-refractivity contribution in [3.05, 3.63) is 0 Å². The number of hydrogen-bond donors (Lipinski definition) is 0. The minimum Gasteiger partial charge on any atom is -0.465 e. The maximum Gasteiger partial charge on any atom is 0.404 e. The summed E-state index contributed by atoms with van der Waals surface area (Å²) < 4.78 is 50.3. The van der Waals surface area contributed by atoms with Crippen molar-refractivity contribution in [2.45, 2.75) is 78.0 Å². The fourth-order valence-corrected chi connectivity index (χ4v) is 4.05. The summed E-state index contributed by atoms with van der Waals surface area (Å²) in [4.78, 5) is 24.5. The van der Waals surface area contributed by atoms with E-state index in [0.29, 0.717) is 25.9 Å². The molecule has 0 N–H and O–H groups in total. The van der Waals surface area contributed by atoms with Gasteiger partial charge in [-0.05, 0) is 44.9 Å². The van der Waals surface area contributed by atoms with E-state index in [-0.39, 0.29) is 30.1 Å². The predicted molar refractivity (Wildman–Crippen MR) is 89.1 cm³/mol. The highest BCUT2D eigenvalue weighted by molar-refractivity contribution is 5.78. The molecule has 2 aliphatic rings. The normalized spacial score (nSPS) is 30.1. The van der Waals surface area contributed by atoms with Gasteiger partial charge >= 0.3 is 18.1 Å². The molecule has 0 radical (unpaired) electrons. The van der Waals surface area contributed by atoms with Crippen molar-refractivity contribution < 1.29 is 32.2 Å². The van der Waals surface area contributed by atoms with Gasteiger partial charge in [0.15, 0.2) is 5.41 Å². The van der Waals surface area contributed by atoms with Gasteiger partial charge in [0.05, 0.1) is 12.5 Å². The summed E-state index contributed by atoms with van der Waals surface area (Å²) in [6.07, 6.45) is -0.918. The molecule has 7 heteroatoms. The van der Waals surface area contributed by atoms with E-state index in [1.807, 2.05) is 0 Å². The number of halogens is 3. The fraction of sp³-hybridized carbons (Fsp3) is 0.895. The lowest BCUT2D eigenvalue weighted by molar-refractivity contribution is -0.235. The van der Waals surface area contributed by atoms with Crippen LogP contribution in [0.15, 0.2) is 0 Å². The molecule has 0 aromatic heterocycles. The molecule has 0 spiro atoms. The summed E-state index contributed by atoms with van der Waals surface area (Å²) in [5.41, 5.74) is -2.51. The van der Waals surface area contributed by atoms with Crippen molar-refractivity contribution in [3.63, 3.8) is 0 Å². The Kier molecular flexibility index (Phi) is 6.61. The van der Waals surface area contributed by atoms with Crippen molar-refractivity contribution >= 4 is 11.9 Å². The number of unbranched alkanes of at least 4 members (excludes halogenated alkanes) is 2. The summed E-state index contributed by atoms with van der Waals surface area (Å²) in [5.74, 6) is -1.92. The van der Waals surface area contributed by atoms with E-state index in [9.17, 15) is 22.8 Å². The molecule has 0 saturated heterocycles. The molecule has 0 aliphatic heterocycles. The smallest absolute Gasteiger partial charge is 0.404 e. The minimum atomic E-state index is -4.66. The summed E-state index contributed by atoms with van der Waals surface area (Å²) in [6.45, 7) is 4.63. The molecule has 0 heterocycles. The van der Waals surface area contributed by atoms with E-state index in [1.165, 1.54) is 6.92 Å². The lowest BCUT2D eigenvalue weighted by Crippen LogP contribution is -2.46. The molecule has 26 heavy (non-hydrogen) atoms. The number of esters is 2. The molecule has 0 amide bonds. The van der Waals surface area contributed by atoms with E-state index in [4.69, 9.17) is 9.47 Å². The third kappa shape index (κ3) is 4.17. The Morgan fingerprint density at radius 3 is 2.31 bits per heavy atom. The second-order valence-corrected chi connectivity index (χ2v) is 7.85. The molecule has 0 aromatic rings. The monoisotopic (exact) mass is 378 g/mol. The quantitative estimate of drug-likeness (QED) is 0.455. The Labute approximate surface area is 152 Å². The number of hydrogen-bond acceptors (Lipinski definition) is 4. The van der Waals surface area contributed by atoms with Crippen LogP contribution in [0.2, 0.25) is 0 Å². The van der Waals surface area contributed by atoms with Crippen LogP contribution in [0.25, 0.3) is 0 Å². The first-order valence-corrected chi connectivity index (χ1v) is 9.58. The zero-order valence-electron chi connectivity index (χ0n) is 15.7. The van der Waals surface area contributed by atoms with Gasteiger partial charge in [-0.15, -0.1) is 0 Å². The lowest BCUT2D eigenvalue weighted by Gasteiger charge is -2.33. The van der Waals surface area contributed by atoms with E-state index in [1.54, 1.807) is 0 Å². The van der Waals surface area contributed by atoms with Crippen molar-refractivity contribution in [3.8, 4) is 0 Å². The van der Waals surface area contributed by atoms with Crippen LogP contribution in [0.4, 0.5) is 13.2 Å². The van der Waals surface area contributed by atoms with Crippen LogP contribution in [0.1, 0.15) is 65.7 Å². The molecule has 2 bridgehead atoms. The van der Waals surface area contributed by atoms with Gasteiger partial charge in [-0.25, -0.2) is 0 Å². The summed E-state index contributed by atoms with van der Waals surface area (Å²) >= 11 is 0. The zero-order valence-corrected chi connectivity index (χ0v) is 15.7. The molecular formula is C19H29F3O4. The number of alkyl halides is 3. The van der Waals surface area contributed by atoms with E-state index in [0.717, 1.165) is 26.2 Å². The van der Waals surface area contributed by atoms with Gasteiger partial charge in [-0.3, -0.25) is 9.59 Å². The Morgan fingerprint density at radius 2 is 1.77 bits per heavy atom. The molecule has 4 nitrogen and oxygen atoms in total. The Balaban J connectivity index is 1.96. The van der Waals surface area contributed by atoms with E-state index >= 15 is 0 Å². The van der Waals surface area contributed by atoms with E-state index in [2.05, 4.69) is 6.92 Å². The number of rotatable bonds is 8.